The van der Waals surface area contributed by atoms with Crippen LogP contribution in [0.5, 0.6) is 0 Å². The summed E-state index contributed by atoms with van der Waals surface area (Å²) in [7, 11) is 0. The Kier molecular flexibility index (Phi) is 4.00. The predicted molar refractivity (Wildman–Crippen MR) is 45.3 cm³/mol. The van der Waals surface area contributed by atoms with Crippen LogP contribution in [0, 0.1) is 0 Å². The van der Waals surface area contributed by atoms with E-state index in [1.54, 1.807) is 6.20 Å². The Morgan fingerprint density at radius 2 is 1.80 bits per heavy atom. The minimum atomic E-state index is 0. The van der Waals surface area contributed by atoms with E-state index in [0.29, 0.717) is 0 Å². The quantitative estimate of drug-likeness (QED) is 0.655. The Balaban J connectivity index is 0.000000810. The highest BCUT2D eigenvalue weighted by molar-refractivity contribution is 5.44. The summed E-state index contributed by atoms with van der Waals surface area (Å²) in [6.07, 6.45) is 1.66. The molecule has 10 heavy (non-hydrogen) atoms. The molecule has 1 rings (SSSR count). The molecule has 0 atom stereocenters. The van der Waals surface area contributed by atoms with Crippen molar-refractivity contribution in [3.8, 4) is 0 Å². The number of benzene rings is 1. The average Bonchev–Trinajstić information content (AvgIpc) is 1.91. The zero-order valence-corrected chi connectivity index (χ0v) is 5.88. The lowest BCUT2D eigenvalue weighted by Gasteiger charge is -1.95. The van der Waals surface area contributed by atoms with Gasteiger partial charge in [-0.05, 0) is 18.3 Å². The summed E-state index contributed by atoms with van der Waals surface area (Å²) < 4.78 is 0. The Morgan fingerprint density at radius 3 is 2.30 bits per heavy atom. The second-order valence-corrected chi connectivity index (χ2v) is 1.71. The van der Waals surface area contributed by atoms with Crippen LogP contribution in [0.25, 0.3) is 0 Å². The molecule has 0 fully saturated rings. The number of para-hydroxylation sites is 1. The number of anilines is 1. The number of hydrogen-bond donors (Lipinski definition) is 2. The molecule has 54 valence electrons. The van der Waals surface area contributed by atoms with Crippen molar-refractivity contribution in [2.24, 2.45) is 0 Å². The summed E-state index contributed by atoms with van der Waals surface area (Å²) in [5, 5.41) is 2.97. The lowest BCUT2D eigenvalue weighted by Crippen LogP contribution is -1.82. The van der Waals surface area contributed by atoms with Crippen LogP contribution in [0.4, 0.5) is 5.69 Å². The van der Waals surface area contributed by atoms with Gasteiger partial charge in [0.05, 0.1) is 0 Å². The molecule has 0 heterocycles. The van der Waals surface area contributed by atoms with Gasteiger partial charge in [0.1, 0.15) is 0 Å². The minimum Gasteiger partial charge on any atom is -0.362 e. The fourth-order valence-corrected chi connectivity index (χ4v) is 0.652. The first-order chi connectivity index (χ1) is 4.43. The average molecular weight is 136 g/mol. The van der Waals surface area contributed by atoms with E-state index in [1.807, 2.05) is 30.3 Å². The van der Waals surface area contributed by atoms with E-state index in [9.17, 15) is 0 Å². The molecule has 2 heteroatoms. The highest BCUT2D eigenvalue weighted by Gasteiger charge is 1.79. The Morgan fingerprint density at radius 1 is 1.20 bits per heavy atom. The van der Waals surface area contributed by atoms with Gasteiger partial charge in [0, 0.05) is 5.69 Å². The first-order valence-electron chi connectivity index (χ1n) is 2.86. The monoisotopic (exact) mass is 136 g/mol. The first-order valence-corrected chi connectivity index (χ1v) is 2.86. The third kappa shape index (κ3) is 2.33. The number of rotatable bonds is 2. The van der Waals surface area contributed by atoms with E-state index < -0.39 is 0 Å². The molecule has 0 amide bonds. The molecule has 0 aromatic heterocycles. The Hall–Kier alpha value is -1.28. The molecule has 0 bridgehead atoms. The van der Waals surface area contributed by atoms with Gasteiger partial charge in [-0.1, -0.05) is 24.8 Å². The SMILES string of the molecule is C=CNc1ccccc1.N. The van der Waals surface area contributed by atoms with Gasteiger partial charge in [0.15, 0.2) is 0 Å². The van der Waals surface area contributed by atoms with E-state index in [1.165, 1.54) is 0 Å². The highest BCUT2D eigenvalue weighted by atomic mass is 14.8. The van der Waals surface area contributed by atoms with Crippen molar-refractivity contribution in [1.29, 1.82) is 0 Å². The molecule has 4 N–H and O–H groups in total. The molecule has 2 nitrogen and oxygen atoms in total. The summed E-state index contributed by atoms with van der Waals surface area (Å²) in [5.74, 6) is 0. The summed E-state index contributed by atoms with van der Waals surface area (Å²) in [5.41, 5.74) is 1.08. The molecule has 0 aliphatic carbocycles. The van der Waals surface area contributed by atoms with Gasteiger partial charge >= 0.3 is 0 Å². The minimum absolute atomic E-state index is 0. The molecule has 0 spiro atoms. The summed E-state index contributed by atoms with van der Waals surface area (Å²) in [4.78, 5) is 0. The largest absolute Gasteiger partial charge is 0.362 e. The van der Waals surface area contributed by atoms with E-state index in [2.05, 4.69) is 11.9 Å². The van der Waals surface area contributed by atoms with Crippen LogP contribution in [-0.4, -0.2) is 0 Å². The van der Waals surface area contributed by atoms with Gasteiger partial charge in [0.2, 0.25) is 0 Å². The molecule has 1 aromatic rings. The highest BCUT2D eigenvalue weighted by Crippen LogP contribution is 2.03. The van der Waals surface area contributed by atoms with Crippen LogP contribution in [0.3, 0.4) is 0 Å². The van der Waals surface area contributed by atoms with Crippen LogP contribution < -0.4 is 11.5 Å². The van der Waals surface area contributed by atoms with Crippen molar-refractivity contribution in [3.05, 3.63) is 43.1 Å². The molecular formula is C8H12N2. The van der Waals surface area contributed by atoms with Crippen LogP contribution in [-0.2, 0) is 0 Å². The van der Waals surface area contributed by atoms with Gasteiger partial charge in [-0.15, -0.1) is 0 Å². The van der Waals surface area contributed by atoms with E-state index in [-0.39, 0.29) is 6.15 Å². The van der Waals surface area contributed by atoms with E-state index in [0.717, 1.165) is 5.69 Å². The van der Waals surface area contributed by atoms with Crippen LogP contribution in [0.1, 0.15) is 0 Å². The maximum Gasteiger partial charge on any atom is 0.0379 e. The van der Waals surface area contributed by atoms with Crippen molar-refractivity contribution >= 4 is 5.69 Å². The fraction of sp³-hybridized carbons (Fsp3) is 0. The standard InChI is InChI=1S/C8H9N.H3N/c1-2-9-8-6-4-3-5-7-8;/h2-7,9H,1H2;1H3. The van der Waals surface area contributed by atoms with Crippen molar-refractivity contribution < 1.29 is 0 Å². The second kappa shape index (κ2) is 4.58. The predicted octanol–water partition coefficient (Wildman–Crippen LogP) is 2.40. The lowest BCUT2D eigenvalue weighted by molar-refractivity contribution is 1.60. The first kappa shape index (κ1) is 8.72. The number of nitrogens with one attached hydrogen (secondary N) is 1. The van der Waals surface area contributed by atoms with Crippen LogP contribution in [0.15, 0.2) is 43.1 Å². The smallest absolute Gasteiger partial charge is 0.0379 e. The summed E-state index contributed by atoms with van der Waals surface area (Å²) in [6.45, 7) is 3.54. The van der Waals surface area contributed by atoms with Crippen molar-refractivity contribution in [2.45, 2.75) is 0 Å². The summed E-state index contributed by atoms with van der Waals surface area (Å²) >= 11 is 0. The molecule has 0 aliphatic heterocycles. The van der Waals surface area contributed by atoms with Crippen molar-refractivity contribution in [2.75, 3.05) is 5.32 Å². The molecule has 0 aliphatic rings. The van der Waals surface area contributed by atoms with E-state index >= 15 is 0 Å². The normalized spacial score (nSPS) is 7.60. The van der Waals surface area contributed by atoms with Crippen molar-refractivity contribution in [1.82, 2.24) is 6.15 Å². The number of hydrogen-bond acceptors (Lipinski definition) is 2. The fourth-order valence-electron chi connectivity index (χ4n) is 0.652. The molecule has 1 aromatic carbocycles. The molecule has 0 saturated heterocycles. The summed E-state index contributed by atoms with van der Waals surface area (Å²) in [6, 6.07) is 9.91. The van der Waals surface area contributed by atoms with Gasteiger partial charge in [-0.3, -0.25) is 0 Å². The molecule has 0 radical (unpaired) electrons. The lowest BCUT2D eigenvalue weighted by atomic mass is 10.3. The maximum atomic E-state index is 3.54. The zero-order chi connectivity index (χ0) is 6.53. The topological polar surface area (TPSA) is 47.0 Å². The maximum absolute atomic E-state index is 3.54. The van der Waals surface area contributed by atoms with Gasteiger partial charge < -0.3 is 11.5 Å². The van der Waals surface area contributed by atoms with Gasteiger partial charge in [-0.25, -0.2) is 0 Å². The molecule has 0 unspecified atom stereocenters. The zero-order valence-electron chi connectivity index (χ0n) is 5.88. The second-order valence-electron chi connectivity index (χ2n) is 1.71. The Labute approximate surface area is 61.2 Å². The van der Waals surface area contributed by atoms with Crippen molar-refractivity contribution in [3.63, 3.8) is 0 Å². The van der Waals surface area contributed by atoms with Crippen LogP contribution >= 0.6 is 0 Å². The van der Waals surface area contributed by atoms with E-state index in [4.69, 9.17) is 0 Å². The van der Waals surface area contributed by atoms with Crippen LogP contribution in [0.2, 0.25) is 0 Å². The molecule has 0 saturated carbocycles. The van der Waals surface area contributed by atoms with Gasteiger partial charge in [-0.2, -0.15) is 0 Å². The third-order valence-electron chi connectivity index (χ3n) is 1.04. The Bertz CT molecular complexity index is 182. The van der Waals surface area contributed by atoms with Gasteiger partial charge in [0.25, 0.3) is 0 Å². The molecular weight excluding hydrogens is 124 g/mol. The third-order valence-corrected chi connectivity index (χ3v) is 1.04.